The Morgan fingerprint density at radius 2 is 1.68 bits per heavy atom. The Balaban J connectivity index is 1.17. The minimum atomic E-state index is -0.671. The number of hydrogen-bond acceptors (Lipinski definition) is 6. The van der Waals surface area contributed by atoms with Crippen molar-refractivity contribution in [2.75, 3.05) is 44.2 Å². The van der Waals surface area contributed by atoms with Crippen LogP contribution in [-0.2, 0) is 4.79 Å². The number of nitrogens with zero attached hydrogens (tertiary/aromatic N) is 5. The molecule has 9 heteroatoms. The van der Waals surface area contributed by atoms with Gasteiger partial charge in [0.1, 0.15) is 6.33 Å². The number of likely N-dealkylation sites (tertiary alicyclic amines) is 2. The van der Waals surface area contributed by atoms with Gasteiger partial charge in [0, 0.05) is 49.4 Å². The molecule has 3 fully saturated rings. The molecule has 5 rings (SSSR count). The summed E-state index contributed by atoms with van der Waals surface area (Å²) >= 11 is 6.45. The van der Waals surface area contributed by atoms with Crippen molar-refractivity contribution in [2.45, 2.75) is 65.4 Å². The van der Waals surface area contributed by atoms with Crippen LogP contribution >= 0.6 is 11.6 Å². The lowest BCUT2D eigenvalue weighted by Gasteiger charge is -2.35. The molecule has 2 saturated heterocycles. The number of hydrogen-bond donors (Lipinski definition) is 1. The SMILES string of the molecule is Cc1ccc(N(CCCN2CC3CN(C(=O)c4c(C)ncnc4C)CC3C2)C(=O)C2CCC(C)(O)CC2)cc1Cl. The van der Waals surface area contributed by atoms with Crippen molar-refractivity contribution >= 4 is 29.1 Å². The summed E-state index contributed by atoms with van der Waals surface area (Å²) in [6, 6.07) is 5.87. The minimum Gasteiger partial charge on any atom is -0.390 e. The van der Waals surface area contributed by atoms with E-state index >= 15 is 0 Å². The molecule has 1 aromatic carbocycles. The topological polar surface area (TPSA) is 89.9 Å². The average Bonchev–Trinajstić information content (AvgIpc) is 3.47. The molecule has 1 N–H and O–H groups in total. The van der Waals surface area contributed by atoms with Crippen LogP contribution in [0, 0.1) is 38.5 Å². The second-order valence-electron chi connectivity index (χ2n) is 12.5. The van der Waals surface area contributed by atoms with Crippen molar-refractivity contribution < 1.29 is 14.7 Å². The van der Waals surface area contributed by atoms with Gasteiger partial charge in [-0.3, -0.25) is 9.59 Å². The number of aryl methyl sites for hydroxylation is 3. The van der Waals surface area contributed by atoms with E-state index in [0.29, 0.717) is 54.6 Å². The van der Waals surface area contributed by atoms with Gasteiger partial charge in [0.2, 0.25) is 5.91 Å². The normalized spacial score (nSPS) is 26.6. The van der Waals surface area contributed by atoms with Gasteiger partial charge in [0.05, 0.1) is 22.6 Å². The standard InChI is InChI=1S/C31H42ClN5O3/c1-20-6-7-26(14-27(20)32)37(29(38)23-8-10-31(4,40)11-9-23)13-5-12-35-15-24-17-36(18-25(24)16-35)30(39)28-21(2)33-19-34-22(28)3/h6-7,14,19,23-25,40H,5,8-13,15-18H2,1-4H3. The van der Waals surface area contributed by atoms with Gasteiger partial charge in [-0.1, -0.05) is 17.7 Å². The molecule has 1 aliphatic carbocycles. The Morgan fingerprint density at radius 3 is 2.27 bits per heavy atom. The van der Waals surface area contributed by atoms with Crippen molar-refractivity contribution in [3.63, 3.8) is 0 Å². The third-order valence-corrected chi connectivity index (χ3v) is 9.70. The Hall–Kier alpha value is -2.55. The van der Waals surface area contributed by atoms with Crippen LogP contribution < -0.4 is 4.90 Å². The minimum absolute atomic E-state index is 0.0479. The fourth-order valence-electron chi connectivity index (χ4n) is 6.77. The van der Waals surface area contributed by atoms with E-state index in [4.69, 9.17) is 11.6 Å². The second-order valence-corrected chi connectivity index (χ2v) is 12.9. The summed E-state index contributed by atoms with van der Waals surface area (Å²) in [6.45, 7) is 12.6. The van der Waals surface area contributed by atoms with Crippen LogP contribution in [0.15, 0.2) is 24.5 Å². The summed E-state index contributed by atoms with van der Waals surface area (Å²) in [7, 11) is 0. The van der Waals surface area contributed by atoms with Gasteiger partial charge in [0.15, 0.2) is 0 Å². The molecule has 2 aromatic rings. The largest absolute Gasteiger partial charge is 0.390 e. The van der Waals surface area contributed by atoms with Crippen molar-refractivity contribution in [3.05, 3.63) is 52.1 Å². The lowest BCUT2D eigenvalue weighted by atomic mass is 9.79. The molecule has 2 atom stereocenters. The molecule has 2 unspecified atom stereocenters. The van der Waals surface area contributed by atoms with Gasteiger partial charge in [-0.05, 0) is 95.9 Å². The molecule has 3 heterocycles. The number of benzene rings is 1. The average molecular weight is 568 g/mol. The first-order valence-electron chi connectivity index (χ1n) is 14.6. The van der Waals surface area contributed by atoms with Crippen LogP contribution in [0.3, 0.4) is 0 Å². The first kappa shape index (κ1) is 29.0. The quantitative estimate of drug-likeness (QED) is 0.532. The molecular formula is C31H42ClN5O3. The molecule has 2 aliphatic heterocycles. The van der Waals surface area contributed by atoms with Gasteiger partial charge < -0.3 is 19.8 Å². The highest BCUT2D eigenvalue weighted by Gasteiger charge is 2.42. The summed E-state index contributed by atoms with van der Waals surface area (Å²) in [6.07, 6.45) is 5.10. The Morgan fingerprint density at radius 1 is 1.05 bits per heavy atom. The number of aromatic nitrogens is 2. The fraction of sp³-hybridized carbons (Fsp3) is 0.613. The molecule has 216 valence electrons. The Labute approximate surface area is 242 Å². The van der Waals surface area contributed by atoms with E-state index in [2.05, 4.69) is 14.9 Å². The van der Waals surface area contributed by atoms with Crippen molar-refractivity contribution in [2.24, 2.45) is 17.8 Å². The molecular weight excluding hydrogens is 526 g/mol. The number of aliphatic hydroxyl groups is 1. The number of amides is 2. The van der Waals surface area contributed by atoms with Crippen molar-refractivity contribution in [1.82, 2.24) is 19.8 Å². The Bertz CT molecular complexity index is 1220. The van der Waals surface area contributed by atoms with E-state index in [1.54, 1.807) is 0 Å². The maximum absolute atomic E-state index is 13.7. The highest BCUT2D eigenvalue weighted by Crippen LogP contribution is 2.35. The molecule has 3 aliphatic rings. The van der Waals surface area contributed by atoms with Crippen LogP contribution in [0.5, 0.6) is 0 Å². The van der Waals surface area contributed by atoms with E-state index in [9.17, 15) is 14.7 Å². The zero-order valence-electron chi connectivity index (χ0n) is 24.2. The number of carbonyl (C=O) groups is 2. The molecule has 0 spiro atoms. The Kier molecular flexibility index (Phi) is 8.50. The summed E-state index contributed by atoms with van der Waals surface area (Å²) in [4.78, 5) is 41.8. The van der Waals surface area contributed by atoms with Gasteiger partial charge in [-0.25, -0.2) is 9.97 Å². The fourth-order valence-corrected chi connectivity index (χ4v) is 6.95. The third-order valence-electron chi connectivity index (χ3n) is 9.29. The molecule has 0 bridgehead atoms. The predicted octanol–water partition coefficient (Wildman–Crippen LogP) is 4.42. The van der Waals surface area contributed by atoms with Gasteiger partial charge in [-0.2, -0.15) is 0 Å². The van der Waals surface area contributed by atoms with E-state index in [-0.39, 0.29) is 17.7 Å². The highest BCUT2D eigenvalue weighted by molar-refractivity contribution is 6.31. The van der Waals surface area contributed by atoms with Crippen LogP contribution in [0.1, 0.15) is 66.3 Å². The van der Waals surface area contributed by atoms with Crippen LogP contribution in [0.2, 0.25) is 5.02 Å². The number of fused-ring (bicyclic) bond motifs is 1. The monoisotopic (exact) mass is 567 g/mol. The number of anilines is 1. The van der Waals surface area contributed by atoms with Crippen LogP contribution in [-0.4, -0.2) is 81.6 Å². The lowest BCUT2D eigenvalue weighted by molar-refractivity contribution is -0.125. The summed E-state index contributed by atoms with van der Waals surface area (Å²) in [5.74, 6) is 1.05. The molecule has 1 saturated carbocycles. The predicted molar refractivity (Wildman–Crippen MR) is 157 cm³/mol. The van der Waals surface area contributed by atoms with E-state index < -0.39 is 5.60 Å². The summed E-state index contributed by atoms with van der Waals surface area (Å²) in [5, 5.41) is 11.0. The number of halogens is 1. The third kappa shape index (κ3) is 6.19. The molecule has 40 heavy (non-hydrogen) atoms. The highest BCUT2D eigenvalue weighted by atomic mass is 35.5. The summed E-state index contributed by atoms with van der Waals surface area (Å²) < 4.78 is 0. The van der Waals surface area contributed by atoms with Crippen LogP contribution in [0.4, 0.5) is 5.69 Å². The second kappa shape index (κ2) is 11.7. The lowest BCUT2D eigenvalue weighted by Crippen LogP contribution is -2.42. The first-order chi connectivity index (χ1) is 19.0. The van der Waals surface area contributed by atoms with Gasteiger partial charge >= 0.3 is 0 Å². The van der Waals surface area contributed by atoms with Gasteiger partial charge in [-0.15, -0.1) is 0 Å². The first-order valence-corrected chi connectivity index (χ1v) is 15.0. The summed E-state index contributed by atoms with van der Waals surface area (Å²) in [5.41, 5.74) is 3.29. The zero-order valence-corrected chi connectivity index (χ0v) is 25.0. The van der Waals surface area contributed by atoms with E-state index in [1.807, 2.05) is 55.7 Å². The van der Waals surface area contributed by atoms with Gasteiger partial charge in [0.25, 0.3) is 5.91 Å². The van der Waals surface area contributed by atoms with Crippen LogP contribution in [0.25, 0.3) is 0 Å². The molecule has 2 amide bonds. The smallest absolute Gasteiger partial charge is 0.257 e. The maximum Gasteiger partial charge on any atom is 0.257 e. The van der Waals surface area contributed by atoms with E-state index in [0.717, 1.165) is 61.8 Å². The van der Waals surface area contributed by atoms with E-state index in [1.165, 1.54) is 6.33 Å². The maximum atomic E-state index is 13.7. The molecule has 8 nitrogen and oxygen atoms in total. The van der Waals surface area contributed by atoms with Crippen molar-refractivity contribution in [1.29, 1.82) is 0 Å². The number of rotatable bonds is 7. The molecule has 0 radical (unpaired) electrons. The molecule has 1 aromatic heterocycles. The van der Waals surface area contributed by atoms with Crippen molar-refractivity contribution in [3.8, 4) is 0 Å². The zero-order chi connectivity index (χ0) is 28.6. The number of carbonyl (C=O) groups excluding carboxylic acids is 2.